The molecule has 0 unspecified atom stereocenters. The number of aromatic nitrogens is 2. The number of nitrogens with two attached hydrogens (primary N) is 1. The number of phosphoric ester groups is 1. The Morgan fingerprint density at radius 3 is 2.20 bits per heavy atom. The number of unbranched alkanes of at least 4 members (excludes halogenated alkanes) is 5. The largest absolute Gasteiger partial charge is 0.508 e. The fourth-order valence-corrected chi connectivity index (χ4v) is 8.54. The van der Waals surface area contributed by atoms with Crippen LogP contribution in [0.3, 0.4) is 0 Å². The Labute approximate surface area is 400 Å². The molecule has 1 aliphatic rings. The van der Waals surface area contributed by atoms with Gasteiger partial charge in [0.2, 0.25) is 35.4 Å². The average Bonchev–Trinajstić information content (AvgIpc) is 3.95. The number of likely N-dealkylation sites (tertiary alicyclic amines) is 1. The van der Waals surface area contributed by atoms with Crippen molar-refractivity contribution in [2.45, 2.75) is 141 Å². The zero-order chi connectivity index (χ0) is 50.8. The Bertz CT molecular complexity index is 2280. The van der Waals surface area contributed by atoms with Crippen molar-refractivity contribution in [3.05, 3.63) is 72.1 Å². The highest BCUT2D eigenvalue weighted by atomic mass is 31.2. The van der Waals surface area contributed by atoms with Crippen LogP contribution in [0.5, 0.6) is 17.2 Å². The molecule has 23 heteroatoms. The number of nitrogens with zero attached hydrogens (tertiary/aromatic N) is 3. The number of aromatic hydroxyl groups is 1. The van der Waals surface area contributed by atoms with Gasteiger partial charge in [0.15, 0.2) is 0 Å². The maximum atomic E-state index is 14.8. The quantitative estimate of drug-likeness (QED) is 0.0373. The van der Waals surface area contributed by atoms with Gasteiger partial charge in [-0.15, -0.1) is 0 Å². The smallest absolute Gasteiger partial charge is 0.469 e. The van der Waals surface area contributed by atoms with E-state index in [0.29, 0.717) is 55.1 Å². The molecule has 1 aromatic heterocycles. The highest BCUT2D eigenvalue weighted by Gasteiger charge is 2.37. The Hall–Kier alpha value is -5.93. The van der Waals surface area contributed by atoms with Crippen molar-refractivity contribution in [2.24, 2.45) is 11.7 Å². The third-order valence-corrected chi connectivity index (χ3v) is 12.0. The Morgan fingerprint density at radius 2 is 1.55 bits per heavy atom. The van der Waals surface area contributed by atoms with E-state index in [0.717, 1.165) is 45.4 Å². The number of phenols is 1. The van der Waals surface area contributed by atoms with Gasteiger partial charge in [0, 0.05) is 44.3 Å². The van der Waals surface area contributed by atoms with Gasteiger partial charge < -0.3 is 61.2 Å². The number of carbonyl (C=O) groups is 6. The first-order chi connectivity index (χ1) is 32.6. The fourth-order valence-electron chi connectivity index (χ4n) is 7.98. The van der Waals surface area contributed by atoms with E-state index in [9.17, 15) is 57.7 Å². The number of hydrogen-bond donors (Lipinski definition) is 9. The third kappa shape index (κ3) is 18.2. The van der Waals surface area contributed by atoms with Gasteiger partial charge >= 0.3 is 7.82 Å². The van der Waals surface area contributed by atoms with Gasteiger partial charge in [-0.05, 0) is 75.6 Å². The molecule has 0 aliphatic carbocycles. The Kier molecular flexibility index (Phi) is 21.6. The number of benzene rings is 2. The van der Waals surface area contributed by atoms with Crippen molar-refractivity contribution >= 4 is 43.3 Å². The number of amides is 6. The summed E-state index contributed by atoms with van der Waals surface area (Å²) < 4.78 is 38.4. The summed E-state index contributed by atoms with van der Waals surface area (Å²) in [6.45, 7) is 6.02. The normalized spacial score (nSPS) is 16.0. The average molecular weight is 989 g/mol. The summed E-state index contributed by atoms with van der Waals surface area (Å²) >= 11 is 0. The molecule has 1 saturated heterocycles. The maximum absolute atomic E-state index is 14.8. The topological polar surface area (TPSA) is 314 Å². The van der Waals surface area contributed by atoms with E-state index in [1.165, 1.54) is 30.0 Å². The maximum Gasteiger partial charge on any atom is 0.469 e. The number of halogens is 1. The summed E-state index contributed by atoms with van der Waals surface area (Å²) in [5.41, 5.74) is 6.18. The van der Waals surface area contributed by atoms with Gasteiger partial charge in [0.05, 0.1) is 24.7 Å². The molecule has 4 rings (SSSR count). The predicted octanol–water partition coefficient (Wildman–Crippen LogP) is 2.62. The van der Waals surface area contributed by atoms with Gasteiger partial charge in [-0.25, -0.2) is 13.9 Å². The molecular weight excluding hydrogens is 923 g/mol. The lowest BCUT2D eigenvalue weighted by Gasteiger charge is -2.28. The highest BCUT2D eigenvalue weighted by molar-refractivity contribution is 7.46. The number of phenolic OH excluding ortho intramolecular Hbond substituents is 1. The molecule has 3 aromatic rings. The van der Waals surface area contributed by atoms with Gasteiger partial charge in [-0.2, -0.15) is 0 Å². The number of aliphatic hydroxyl groups excluding tert-OH is 1. The molecular formula is C46H66FN8O13P. The minimum atomic E-state index is -5.13. The molecule has 0 radical (unpaired) electrons. The summed E-state index contributed by atoms with van der Waals surface area (Å²) in [6, 6.07) is 4.04. The van der Waals surface area contributed by atoms with Gasteiger partial charge in [-0.1, -0.05) is 51.7 Å². The number of primary amides is 1. The van der Waals surface area contributed by atoms with E-state index in [2.05, 4.69) is 30.8 Å². The molecule has 10 N–H and O–H groups in total. The first kappa shape index (κ1) is 55.7. The molecule has 6 amide bonds. The number of aryl methyl sites for hydroxylation is 1. The number of ether oxygens (including phenoxy) is 1. The summed E-state index contributed by atoms with van der Waals surface area (Å²) in [5, 5.41) is 29.8. The number of hydrogen-bond acceptors (Lipinski definition) is 12. The number of aliphatic hydroxyl groups is 1. The van der Waals surface area contributed by atoms with E-state index < -0.39 is 80.3 Å². The molecule has 2 aromatic carbocycles. The second kappa shape index (κ2) is 26.7. The van der Waals surface area contributed by atoms with Crippen LogP contribution >= 0.6 is 7.82 Å². The molecule has 0 saturated carbocycles. The van der Waals surface area contributed by atoms with Crippen LogP contribution in [0, 0.1) is 11.7 Å². The van der Waals surface area contributed by atoms with Crippen LogP contribution in [0.4, 0.5) is 4.39 Å². The van der Waals surface area contributed by atoms with Crippen molar-refractivity contribution in [1.29, 1.82) is 0 Å². The number of phosphoric acid groups is 1. The minimum absolute atomic E-state index is 0.0424. The number of rotatable bonds is 28. The standard InChI is InChI=1S/C46H66FN8O13P/c1-28(2)22-36(51-46(63)39-18-13-21-55(39)30(4)57)43(60)50-37(44(61)52-38(26-56)45(62)53-41(42(48)59)29(3)68-69(64,65)66)23-31-25-54(27-49-31)20-10-8-6-5-7-9-16-34-35(47)17-12-19-40(34)67-33-15-11-14-32(58)24-33/h11-12,14-15,17,19,24-25,27-29,36-39,41,56,58H,5-10,13,16,18,20-23,26H2,1-4H3,(H2,48,59)(H,50,60)(H,51,63)(H,52,61)(H,53,62)(H2,64,65,66)/t29-,36+,37+,38+,39+,41+/m1/s1. The molecule has 1 aliphatic heterocycles. The first-order valence-electron chi connectivity index (χ1n) is 23.0. The van der Waals surface area contributed by atoms with Crippen molar-refractivity contribution < 1.29 is 67.0 Å². The molecule has 0 spiro atoms. The summed E-state index contributed by atoms with van der Waals surface area (Å²) in [6.07, 6.45) is 8.12. The SMILES string of the molecule is CC(=O)N1CCC[C@H]1C(=O)N[C@@H](CC(C)C)C(=O)N[C@@H](Cc1cn(CCCCCCCCc2c(F)cccc2Oc2cccc(O)c2)cn1)C(=O)N[C@@H](CO)C(=O)N[C@H](C(N)=O)[C@@H](C)OP(=O)(O)O. The van der Waals surface area contributed by atoms with Gasteiger partial charge in [0.25, 0.3) is 0 Å². The summed E-state index contributed by atoms with van der Waals surface area (Å²) in [7, 11) is -5.13. The molecule has 69 heavy (non-hydrogen) atoms. The molecule has 0 bridgehead atoms. The Balaban J connectivity index is 1.39. The summed E-state index contributed by atoms with van der Waals surface area (Å²) in [4.78, 5) is 103. The van der Waals surface area contributed by atoms with Crippen LogP contribution in [0.1, 0.15) is 96.7 Å². The van der Waals surface area contributed by atoms with Crippen LogP contribution < -0.4 is 31.7 Å². The van der Waals surface area contributed by atoms with Gasteiger partial charge in [0.1, 0.15) is 53.3 Å². The molecule has 21 nitrogen and oxygen atoms in total. The zero-order valence-corrected chi connectivity index (χ0v) is 40.2. The number of nitrogens with one attached hydrogen (secondary N) is 4. The molecule has 2 heterocycles. The molecule has 6 atom stereocenters. The van der Waals surface area contributed by atoms with Crippen LogP contribution in [0.2, 0.25) is 0 Å². The molecule has 380 valence electrons. The second-order valence-electron chi connectivity index (χ2n) is 17.6. The van der Waals surface area contributed by atoms with Crippen molar-refractivity contribution in [2.75, 3.05) is 13.2 Å². The van der Waals surface area contributed by atoms with Crippen molar-refractivity contribution in [3.63, 3.8) is 0 Å². The Morgan fingerprint density at radius 1 is 0.899 bits per heavy atom. The zero-order valence-electron chi connectivity index (χ0n) is 39.3. The fraction of sp³-hybridized carbons (Fsp3) is 0.543. The second-order valence-corrected chi connectivity index (χ2v) is 18.7. The van der Waals surface area contributed by atoms with Crippen molar-refractivity contribution in [1.82, 2.24) is 35.7 Å². The summed E-state index contributed by atoms with van der Waals surface area (Å²) in [5.74, 6) is -4.57. The van der Waals surface area contributed by atoms with Crippen LogP contribution in [0.15, 0.2) is 55.0 Å². The first-order valence-corrected chi connectivity index (χ1v) is 24.6. The van der Waals surface area contributed by atoms with Crippen LogP contribution in [-0.2, 0) is 57.2 Å². The van der Waals surface area contributed by atoms with Crippen LogP contribution in [0.25, 0.3) is 0 Å². The highest BCUT2D eigenvalue weighted by Crippen LogP contribution is 2.38. The lowest BCUT2D eigenvalue weighted by atomic mass is 10.0. The number of carbonyl (C=O) groups excluding carboxylic acids is 6. The van der Waals surface area contributed by atoms with Crippen molar-refractivity contribution in [3.8, 4) is 17.2 Å². The van der Waals surface area contributed by atoms with E-state index in [4.69, 9.17) is 10.5 Å². The minimum Gasteiger partial charge on any atom is -0.508 e. The number of imidazole rings is 1. The lowest BCUT2D eigenvalue weighted by Crippen LogP contribution is -2.61. The van der Waals surface area contributed by atoms with Crippen LogP contribution in [-0.4, -0.2) is 119 Å². The van der Waals surface area contributed by atoms with E-state index in [-0.39, 0.29) is 36.2 Å². The van der Waals surface area contributed by atoms with E-state index >= 15 is 0 Å². The van der Waals surface area contributed by atoms with Gasteiger partial charge in [-0.3, -0.25) is 33.3 Å². The third-order valence-electron chi connectivity index (χ3n) is 11.4. The lowest BCUT2D eigenvalue weighted by molar-refractivity contribution is -0.139. The van der Waals surface area contributed by atoms with E-state index in [1.54, 1.807) is 36.8 Å². The predicted molar refractivity (Wildman–Crippen MR) is 248 cm³/mol. The van der Waals surface area contributed by atoms with E-state index in [1.807, 2.05) is 18.4 Å². The molecule has 1 fully saturated rings. The monoisotopic (exact) mass is 988 g/mol.